The molecule has 2 aliphatic rings. The molecule has 2 heterocycles. The third-order valence-corrected chi connectivity index (χ3v) is 5.08. The Morgan fingerprint density at radius 1 is 1.25 bits per heavy atom. The molecule has 154 valence electrons. The Bertz CT molecular complexity index is 699. The Balaban J connectivity index is 1.54. The van der Waals surface area contributed by atoms with E-state index in [0.717, 1.165) is 30.9 Å². The molecule has 1 aromatic rings. The summed E-state index contributed by atoms with van der Waals surface area (Å²) in [5.74, 6) is -0.0358. The molecule has 1 amide bonds. The minimum absolute atomic E-state index is 0.0840. The number of nitrogens with zero attached hydrogens (tertiary/aromatic N) is 3. The molecule has 3 rings (SSSR count). The second kappa shape index (κ2) is 9.82. The summed E-state index contributed by atoms with van der Waals surface area (Å²) in [4.78, 5) is 21.0. The SMILES string of the molecule is CCNC(=NCCc1cc(F)ccc1F)N1CCN(C(=O)C2CCCO2)CC1. The van der Waals surface area contributed by atoms with E-state index in [2.05, 4.69) is 15.2 Å². The predicted molar refractivity (Wildman–Crippen MR) is 103 cm³/mol. The number of amides is 1. The molecule has 0 radical (unpaired) electrons. The van der Waals surface area contributed by atoms with Crippen LogP contribution in [-0.2, 0) is 16.0 Å². The van der Waals surface area contributed by atoms with Gasteiger partial charge in [0.05, 0.1) is 0 Å². The number of hydrogen-bond acceptors (Lipinski definition) is 3. The van der Waals surface area contributed by atoms with Crippen molar-refractivity contribution in [2.45, 2.75) is 32.3 Å². The minimum Gasteiger partial charge on any atom is -0.368 e. The van der Waals surface area contributed by atoms with Crippen LogP contribution in [0.2, 0.25) is 0 Å². The lowest BCUT2D eigenvalue weighted by molar-refractivity contribution is -0.142. The molecule has 1 unspecified atom stereocenters. The van der Waals surface area contributed by atoms with E-state index >= 15 is 0 Å². The van der Waals surface area contributed by atoms with Crippen LogP contribution in [0.15, 0.2) is 23.2 Å². The highest BCUT2D eigenvalue weighted by atomic mass is 19.1. The van der Waals surface area contributed by atoms with Crippen molar-refractivity contribution in [1.82, 2.24) is 15.1 Å². The van der Waals surface area contributed by atoms with Crippen LogP contribution < -0.4 is 5.32 Å². The monoisotopic (exact) mass is 394 g/mol. The maximum atomic E-state index is 13.8. The van der Waals surface area contributed by atoms with Crippen LogP contribution in [0.5, 0.6) is 0 Å². The number of ether oxygens (including phenoxy) is 1. The fourth-order valence-corrected chi connectivity index (χ4v) is 3.56. The van der Waals surface area contributed by atoms with Crippen molar-refractivity contribution in [3.8, 4) is 0 Å². The molecule has 1 N–H and O–H groups in total. The van der Waals surface area contributed by atoms with E-state index in [0.29, 0.717) is 57.9 Å². The van der Waals surface area contributed by atoms with Crippen LogP contribution in [-0.4, -0.2) is 73.6 Å². The molecule has 8 heteroatoms. The number of guanidine groups is 1. The van der Waals surface area contributed by atoms with E-state index in [1.807, 2.05) is 11.8 Å². The van der Waals surface area contributed by atoms with Gasteiger partial charge in [-0.1, -0.05) is 0 Å². The quantitative estimate of drug-likeness (QED) is 0.611. The summed E-state index contributed by atoms with van der Waals surface area (Å²) in [6.45, 7) is 6.33. The van der Waals surface area contributed by atoms with Crippen molar-refractivity contribution in [3.05, 3.63) is 35.4 Å². The van der Waals surface area contributed by atoms with Gasteiger partial charge < -0.3 is 19.9 Å². The van der Waals surface area contributed by atoms with Crippen LogP contribution in [0.25, 0.3) is 0 Å². The first-order valence-corrected chi connectivity index (χ1v) is 9.96. The van der Waals surface area contributed by atoms with Crippen molar-refractivity contribution in [2.24, 2.45) is 4.99 Å². The van der Waals surface area contributed by atoms with Crippen molar-refractivity contribution >= 4 is 11.9 Å². The van der Waals surface area contributed by atoms with Gasteiger partial charge in [0.25, 0.3) is 5.91 Å². The summed E-state index contributed by atoms with van der Waals surface area (Å²) >= 11 is 0. The number of rotatable bonds is 5. The number of nitrogens with one attached hydrogen (secondary N) is 1. The van der Waals surface area contributed by atoms with E-state index in [-0.39, 0.29) is 12.0 Å². The molecule has 2 fully saturated rings. The van der Waals surface area contributed by atoms with Gasteiger partial charge in [0.2, 0.25) is 0 Å². The fourth-order valence-electron chi connectivity index (χ4n) is 3.56. The third-order valence-electron chi connectivity index (χ3n) is 5.08. The zero-order valence-electron chi connectivity index (χ0n) is 16.3. The topological polar surface area (TPSA) is 57.2 Å². The van der Waals surface area contributed by atoms with E-state index < -0.39 is 11.6 Å². The highest BCUT2D eigenvalue weighted by Crippen LogP contribution is 2.16. The molecule has 28 heavy (non-hydrogen) atoms. The molecule has 0 aliphatic carbocycles. The van der Waals surface area contributed by atoms with Gasteiger partial charge in [-0.05, 0) is 49.9 Å². The van der Waals surface area contributed by atoms with Crippen molar-refractivity contribution < 1.29 is 18.3 Å². The maximum absolute atomic E-state index is 13.8. The molecular formula is C20H28F2N4O2. The van der Waals surface area contributed by atoms with Gasteiger partial charge in [-0.25, -0.2) is 8.78 Å². The van der Waals surface area contributed by atoms with Crippen LogP contribution in [0.1, 0.15) is 25.3 Å². The molecule has 1 aromatic carbocycles. The van der Waals surface area contributed by atoms with E-state index in [4.69, 9.17) is 4.74 Å². The Kier molecular flexibility index (Phi) is 7.19. The average Bonchev–Trinajstić information content (AvgIpc) is 3.24. The number of carbonyl (C=O) groups is 1. The predicted octanol–water partition coefficient (Wildman–Crippen LogP) is 1.80. The van der Waals surface area contributed by atoms with Crippen LogP contribution in [0.4, 0.5) is 8.78 Å². The van der Waals surface area contributed by atoms with Gasteiger partial charge in [-0.2, -0.15) is 0 Å². The molecular weight excluding hydrogens is 366 g/mol. The largest absolute Gasteiger partial charge is 0.368 e. The van der Waals surface area contributed by atoms with Crippen LogP contribution >= 0.6 is 0 Å². The van der Waals surface area contributed by atoms with Crippen LogP contribution in [0, 0.1) is 11.6 Å². The molecule has 0 saturated carbocycles. The second-order valence-corrected chi connectivity index (χ2v) is 7.04. The first-order valence-electron chi connectivity index (χ1n) is 9.96. The summed E-state index contributed by atoms with van der Waals surface area (Å²) in [5.41, 5.74) is 0.326. The number of carbonyl (C=O) groups excluding carboxylic acids is 1. The van der Waals surface area contributed by atoms with Crippen molar-refractivity contribution in [2.75, 3.05) is 45.9 Å². The van der Waals surface area contributed by atoms with E-state index in [9.17, 15) is 13.6 Å². The number of hydrogen-bond donors (Lipinski definition) is 1. The highest BCUT2D eigenvalue weighted by Gasteiger charge is 2.30. The van der Waals surface area contributed by atoms with Gasteiger partial charge in [0, 0.05) is 45.9 Å². The average molecular weight is 394 g/mol. The highest BCUT2D eigenvalue weighted by molar-refractivity contribution is 5.82. The minimum atomic E-state index is -0.445. The molecule has 1 atom stereocenters. The van der Waals surface area contributed by atoms with Gasteiger partial charge in [0.15, 0.2) is 5.96 Å². The molecule has 0 aromatic heterocycles. The number of halogens is 2. The Labute approximate surface area is 164 Å². The Morgan fingerprint density at radius 2 is 2.00 bits per heavy atom. The summed E-state index contributed by atoms with van der Waals surface area (Å²) in [5, 5.41) is 3.24. The fraction of sp³-hybridized carbons (Fsp3) is 0.600. The summed E-state index contributed by atoms with van der Waals surface area (Å²) in [7, 11) is 0. The van der Waals surface area contributed by atoms with Gasteiger partial charge in [-0.3, -0.25) is 9.79 Å². The van der Waals surface area contributed by atoms with E-state index in [1.165, 1.54) is 6.07 Å². The second-order valence-electron chi connectivity index (χ2n) is 7.04. The summed E-state index contributed by atoms with van der Waals surface area (Å²) in [6, 6.07) is 3.47. The maximum Gasteiger partial charge on any atom is 0.251 e. The summed E-state index contributed by atoms with van der Waals surface area (Å²) in [6.07, 6.45) is 1.80. The zero-order chi connectivity index (χ0) is 19.9. The normalized spacial score (nSPS) is 20.5. The third kappa shape index (κ3) is 5.19. The molecule has 0 bridgehead atoms. The molecule has 2 saturated heterocycles. The molecule has 0 spiro atoms. The lowest BCUT2D eigenvalue weighted by atomic mass is 10.1. The number of aliphatic imine (C=N–C) groups is 1. The standard InChI is InChI=1S/C20H28F2N4O2/c1-2-23-20(24-8-7-15-14-16(21)5-6-17(15)22)26-11-9-25(10-12-26)19(27)18-4-3-13-28-18/h5-6,14,18H,2-4,7-13H2,1H3,(H,23,24). The van der Waals surface area contributed by atoms with Crippen LogP contribution in [0.3, 0.4) is 0 Å². The zero-order valence-corrected chi connectivity index (χ0v) is 16.3. The Morgan fingerprint density at radius 3 is 2.68 bits per heavy atom. The lowest BCUT2D eigenvalue weighted by Crippen LogP contribution is -2.55. The molecule has 6 nitrogen and oxygen atoms in total. The van der Waals surface area contributed by atoms with Crippen molar-refractivity contribution in [1.29, 1.82) is 0 Å². The van der Waals surface area contributed by atoms with Gasteiger partial charge in [0.1, 0.15) is 17.7 Å². The number of benzene rings is 1. The number of piperazine rings is 1. The Hall–Kier alpha value is -2.22. The van der Waals surface area contributed by atoms with Crippen molar-refractivity contribution in [3.63, 3.8) is 0 Å². The first-order chi connectivity index (χ1) is 13.6. The summed E-state index contributed by atoms with van der Waals surface area (Å²) < 4.78 is 32.5. The van der Waals surface area contributed by atoms with Gasteiger partial charge in [-0.15, -0.1) is 0 Å². The smallest absolute Gasteiger partial charge is 0.251 e. The van der Waals surface area contributed by atoms with Gasteiger partial charge >= 0.3 is 0 Å². The lowest BCUT2D eigenvalue weighted by Gasteiger charge is -2.37. The first kappa shape index (κ1) is 20.5. The van der Waals surface area contributed by atoms with E-state index in [1.54, 1.807) is 0 Å². The molecule has 2 aliphatic heterocycles.